The third-order valence-corrected chi connectivity index (χ3v) is 4.71. The summed E-state index contributed by atoms with van der Waals surface area (Å²) in [5.74, 6) is 2.40. The van der Waals surface area contributed by atoms with E-state index in [1.54, 1.807) is 0 Å². The van der Waals surface area contributed by atoms with Crippen molar-refractivity contribution in [2.75, 3.05) is 33.9 Å². The summed E-state index contributed by atoms with van der Waals surface area (Å²) >= 11 is 0. The molecule has 4 heteroatoms. The number of guanidine groups is 1. The van der Waals surface area contributed by atoms with Crippen LogP contribution in [0.25, 0.3) is 0 Å². The predicted octanol–water partition coefficient (Wildman–Crippen LogP) is 2.16. The second-order valence-electron chi connectivity index (χ2n) is 6.59. The lowest BCUT2D eigenvalue weighted by Gasteiger charge is -2.24. The Morgan fingerprint density at radius 2 is 2.18 bits per heavy atom. The molecule has 1 heterocycles. The highest BCUT2D eigenvalue weighted by atomic mass is 16.5. The van der Waals surface area contributed by atoms with E-state index in [2.05, 4.69) is 52.6 Å². The minimum atomic E-state index is 0.571. The highest BCUT2D eigenvalue weighted by Gasteiger charge is 2.38. The maximum atomic E-state index is 5.46. The molecule has 0 radical (unpaired) electrons. The van der Waals surface area contributed by atoms with Crippen LogP contribution < -0.4 is 5.32 Å². The first-order valence-electron chi connectivity index (χ1n) is 8.32. The number of hydrogen-bond donors (Lipinski definition) is 1. The van der Waals surface area contributed by atoms with Crippen molar-refractivity contribution < 1.29 is 4.74 Å². The molecule has 0 amide bonds. The Morgan fingerprint density at radius 1 is 1.36 bits per heavy atom. The fourth-order valence-electron chi connectivity index (χ4n) is 3.28. The zero-order valence-corrected chi connectivity index (χ0v) is 13.7. The van der Waals surface area contributed by atoms with Crippen LogP contribution in [-0.4, -0.2) is 50.8 Å². The molecule has 3 atom stereocenters. The second kappa shape index (κ2) is 7.14. The average molecular weight is 301 g/mol. The van der Waals surface area contributed by atoms with E-state index in [4.69, 9.17) is 4.74 Å². The van der Waals surface area contributed by atoms with Gasteiger partial charge in [0.25, 0.3) is 0 Å². The molecule has 0 aromatic heterocycles. The van der Waals surface area contributed by atoms with E-state index in [-0.39, 0.29) is 0 Å². The van der Waals surface area contributed by atoms with E-state index >= 15 is 0 Å². The number of benzene rings is 1. The van der Waals surface area contributed by atoms with E-state index in [1.165, 1.54) is 18.4 Å². The molecule has 120 valence electrons. The van der Waals surface area contributed by atoms with Gasteiger partial charge in [-0.1, -0.05) is 30.3 Å². The lowest BCUT2D eigenvalue weighted by Crippen LogP contribution is -2.42. The van der Waals surface area contributed by atoms with Gasteiger partial charge >= 0.3 is 0 Å². The van der Waals surface area contributed by atoms with Crippen molar-refractivity contribution in [1.82, 2.24) is 10.2 Å². The van der Waals surface area contributed by atoms with Crippen LogP contribution in [0.5, 0.6) is 0 Å². The van der Waals surface area contributed by atoms with Crippen LogP contribution in [0, 0.1) is 11.8 Å². The van der Waals surface area contributed by atoms with Gasteiger partial charge in [-0.2, -0.15) is 0 Å². The van der Waals surface area contributed by atoms with Crippen molar-refractivity contribution in [3.63, 3.8) is 0 Å². The van der Waals surface area contributed by atoms with Gasteiger partial charge in [0.2, 0.25) is 0 Å². The highest BCUT2D eigenvalue weighted by molar-refractivity contribution is 5.80. The van der Waals surface area contributed by atoms with Crippen LogP contribution in [0.3, 0.4) is 0 Å². The molecule has 0 spiro atoms. The van der Waals surface area contributed by atoms with E-state index in [1.807, 2.05) is 7.05 Å². The summed E-state index contributed by atoms with van der Waals surface area (Å²) in [4.78, 5) is 6.69. The molecule has 1 aromatic rings. The smallest absolute Gasteiger partial charge is 0.193 e. The van der Waals surface area contributed by atoms with Gasteiger partial charge in [0, 0.05) is 39.2 Å². The maximum absolute atomic E-state index is 5.46. The molecule has 22 heavy (non-hydrogen) atoms. The number of ether oxygens (including phenoxy) is 1. The Balaban J connectivity index is 1.45. The van der Waals surface area contributed by atoms with Crippen LogP contribution in [0.15, 0.2) is 35.3 Å². The molecular weight excluding hydrogens is 274 g/mol. The summed E-state index contributed by atoms with van der Waals surface area (Å²) in [6.45, 7) is 2.82. The number of nitrogens with zero attached hydrogens (tertiary/aromatic N) is 2. The van der Waals surface area contributed by atoms with Crippen LogP contribution in [0.1, 0.15) is 18.4 Å². The molecule has 1 saturated heterocycles. The Kier molecular flexibility index (Phi) is 4.98. The van der Waals surface area contributed by atoms with E-state index in [0.29, 0.717) is 12.0 Å². The Hall–Kier alpha value is -1.55. The molecular formula is C18H27N3O. The first kappa shape index (κ1) is 15.3. The van der Waals surface area contributed by atoms with Crippen molar-refractivity contribution in [3.05, 3.63) is 35.9 Å². The lowest BCUT2D eigenvalue weighted by molar-refractivity contribution is 0.181. The van der Waals surface area contributed by atoms with Gasteiger partial charge in [-0.05, 0) is 30.7 Å². The van der Waals surface area contributed by atoms with Gasteiger partial charge in [0.1, 0.15) is 0 Å². The number of hydrogen-bond acceptors (Lipinski definition) is 2. The Labute approximate surface area is 133 Å². The molecule has 1 N–H and O–H groups in total. The lowest BCUT2D eigenvalue weighted by atomic mass is 10.1. The molecule has 1 aliphatic carbocycles. The molecule has 2 fully saturated rings. The minimum absolute atomic E-state index is 0.571. The zero-order valence-electron chi connectivity index (χ0n) is 13.7. The Morgan fingerprint density at radius 3 is 2.86 bits per heavy atom. The van der Waals surface area contributed by atoms with E-state index < -0.39 is 0 Å². The number of nitrogens with one attached hydrogen (secondary N) is 1. The largest absolute Gasteiger partial charge is 0.381 e. The predicted molar refractivity (Wildman–Crippen MR) is 90.1 cm³/mol. The molecule has 2 aliphatic rings. The molecule has 0 bridgehead atoms. The van der Waals surface area contributed by atoms with Crippen LogP contribution in [0.4, 0.5) is 0 Å². The van der Waals surface area contributed by atoms with Crippen LogP contribution >= 0.6 is 0 Å². The normalized spacial score (nSPS) is 27.7. The monoisotopic (exact) mass is 301 g/mol. The summed E-state index contributed by atoms with van der Waals surface area (Å²) in [5.41, 5.74) is 1.43. The summed E-state index contributed by atoms with van der Waals surface area (Å²) < 4.78 is 5.46. The van der Waals surface area contributed by atoms with Crippen molar-refractivity contribution in [2.24, 2.45) is 16.8 Å². The zero-order chi connectivity index (χ0) is 15.4. The average Bonchev–Trinajstić information content (AvgIpc) is 3.04. The maximum Gasteiger partial charge on any atom is 0.193 e. The van der Waals surface area contributed by atoms with Crippen LogP contribution in [-0.2, 0) is 11.2 Å². The van der Waals surface area contributed by atoms with Gasteiger partial charge in [0.15, 0.2) is 5.96 Å². The standard InChI is InChI=1S/C18H27N3O/c1-19-18(21(2)12-15-8-9-22-13-15)20-17-11-16(17)10-14-6-4-3-5-7-14/h3-7,15-17H,8-13H2,1-2H3,(H,19,20). The molecule has 3 unspecified atom stereocenters. The van der Waals surface area contributed by atoms with Crippen molar-refractivity contribution in [2.45, 2.75) is 25.3 Å². The number of aliphatic imine (C=N–C) groups is 1. The van der Waals surface area contributed by atoms with Gasteiger partial charge in [-0.25, -0.2) is 0 Å². The summed E-state index contributed by atoms with van der Waals surface area (Å²) in [7, 11) is 4.00. The van der Waals surface area contributed by atoms with Crippen LogP contribution in [0.2, 0.25) is 0 Å². The van der Waals surface area contributed by atoms with E-state index in [0.717, 1.165) is 38.1 Å². The quantitative estimate of drug-likeness (QED) is 0.669. The van der Waals surface area contributed by atoms with Gasteiger partial charge in [-0.15, -0.1) is 0 Å². The van der Waals surface area contributed by atoms with E-state index in [9.17, 15) is 0 Å². The van der Waals surface area contributed by atoms with Gasteiger partial charge < -0.3 is 15.0 Å². The number of rotatable bonds is 5. The fraction of sp³-hybridized carbons (Fsp3) is 0.611. The van der Waals surface area contributed by atoms with Gasteiger partial charge in [0.05, 0.1) is 6.61 Å². The third-order valence-electron chi connectivity index (χ3n) is 4.71. The van der Waals surface area contributed by atoms with Crippen molar-refractivity contribution in [1.29, 1.82) is 0 Å². The molecule has 1 aliphatic heterocycles. The molecule has 1 aromatic carbocycles. The SMILES string of the molecule is CN=C(NC1CC1Cc1ccccc1)N(C)CC1CCOC1. The molecule has 4 nitrogen and oxygen atoms in total. The van der Waals surface area contributed by atoms with Crippen molar-refractivity contribution >= 4 is 5.96 Å². The third kappa shape index (κ3) is 4.01. The topological polar surface area (TPSA) is 36.9 Å². The minimum Gasteiger partial charge on any atom is -0.381 e. The Bertz CT molecular complexity index is 496. The first-order chi connectivity index (χ1) is 10.8. The molecule has 3 rings (SSSR count). The summed E-state index contributed by atoms with van der Waals surface area (Å²) in [6, 6.07) is 11.3. The fourth-order valence-corrected chi connectivity index (χ4v) is 3.28. The first-order valence-corrected chi connectivity index (χ1v) is 8.32. The summed E-state index contributed by atoms with van der Waals surface area (Å²) in [6.07, 6.45) is 3.57. The van der Waals surface area contributed by atoms with Crippen molar-refractivity contribution in [3.8, 4) is 0 Å². The summed E-state index contributed by atoms with van der Waals surface area (Å²) in [5, 5.41) is 3.62. The van der Waals surface area contributed by atoms with Gasteiger partial charge in [-0.3, -0.25) is 4.99 Å². The molecule has 1 saturated carbocycles. The highest BCUT2D eigenvalue weighted by Crippen LogP contribution is 2.33. The second-order valence-corrected chi connectivity index (χ2v) is 6.59.